The molecule has 1 heterocycles. The van der Waals surface area contributed by atoms with Crippen LogP contribution in [-0.4, -0.2) is 76.0 Å². The van der Waals surface area contributed by atoms with Crippen LogP contribution in [0.3, 0.4) is 0 Å². The molecule has 0 atom stereocenters. The van der Waals surface area contributed by atoms with Crippen molar-refractivity contribution in [2.45, 2.75) is 12.7 Å². The Morgan fingerprint density at radius 1 is 1.22 bits per heavy atom. The molecular formula is C17H25F3N4O2S. The van der Waals surface area contributed by atoms with E-state index in [4.69, 9.17) is 0 Å². The highest BCUT2D eigenvalue weighted by Crippen LogP contribution is 2.29. The Bertz CT molecular complexity index is 734. The summed E-state index contributed by atoms with van der Waals surface area (Å²) in [5, 5.41) is 3.20. The van der Waals surface area contributed by atoms with E-state index >= 15 is 0 Å². The largest absolute Gasteiger partial charge is 0.416 e. The van der Waals surface area contributed by atoms with Gasteiger partial charge in [0.05, 0.1) is 17.1 Å². The smallest absolute Gasteiger partial charge is 0.355 e. The number of alkyl halides is 3. The van der Waals surface area contributed by atoms with Crippen LogP contribution in [0, 0.1) is 0 Å². The number of nitrogens with zero attached hydrogens (tertiary/aromatic N) is 3. The molecule has 1 aromatic carbocycles. The zero-order valence-electron chi connectivity index (χ0n) is 15.5. The Hall–Kier alpha value is -1.81. The predicted octanol–water partition coefficient (Wildman–Crippen LogP) is 1.44. The van der Waals surface area contributed by atoms with Gasteiger partial charge < -0.3 is 10.2 Å². The fraction of sp³-hybridized carbons (Fsp3) is 0.588. The van der Waals surface area contributed by atoms with Crippen LogP contribution in [0.5, 0.6) is 0 Å². The number of sulfone groups is 1. The second kappa shape index (κ2) is 8.92. The van der Waals surface area contributed by atoms with Crippen LogP contribution in [0.15, 0.2) is 29.3 Å². The first kappa shape index (κ1) is 21.5. The molecule has 1 N–H and O–H groups in total. The number of hydrogen-bond acceptors (Lipinski definition) is 4. The zero-order valence-corrected chi connectivity index (χ0v) is 16.3. The molecule has 1 saturated heterocycles. The minimum absolute atomic E-state index is 0.190. The summed E-state index contributed by atoms with van der Waals surface area (Å²) in [6, 6.07) is 5.06. The van der Waals surface area contributed by atoms with E-state index in [2.05, 4.69) is 15.2 Å². The molecule has 1 aliphatic rings. The van der Waals surface area contributed by atoms with Crippen LogP contribution in [-0.2, 0) is 22.6 Å². The molecule has 27 heavy (non-hydrogen) atoms. The minimum atomic E-state index is -4.34. The number of nitrogens with one attached hydrogen (secondary N) is 1. The van der Waals surface area contributed by atoms with Crippen LogP contribution in [0.25, 0.3) is 0 Å². The molecule has 6 nitrogen and oxygen atoms in total. The molecule has 0 radical (unpaired) electrons. The van der Waals surface area contributed by atoms with E-state index in [1.807, 2.05) is 4.90 Å². The summed E-state index contributed by atoms with van der Waals surface area (Å²) in [5.41, 5.74) is 0.0784. The van der Waals surface area contributed by atoms with Gasteiger partial charge in [-0.3, -0.25) is 9.89 Å². The fourth-order valence-electron chi connectivity index (χ4n) is 2.83. The van der Waals surface area contributed by atoms with Crippen molar-refractivity contribution < 1.29 is 21.6 Å². The monoisotopic (exact) mass is 406 g/mol. The lowest BCUT2D eigenvalue weighted by Gasteiger charge is -2.28. The van der Waals surface area contributed by atoms with Crippen LogP contribution < -0.4 is 5.32 Å². The second-order valence-electron chi connectivity index (χ2n) is 6.52. The number of rotatable bonds is 5. The van der Waals surface area contributed by atoms with Gasteiger partial charge in [-0.2, -0.15) is 13.2 Å². The number of guanidine groups is 1. The molecule has 0 saturated carbocycles. The summed E-state index contributed by atoms with van der Waals surface area (Å²) in [7, 11) is 0.557. The van der Waals surface area contributed by atoms with E-state index < -0.39 is 21.6 Å². The van der Waals surface area contributed by atoms with Crippen molar-refractivity contribution in [2.75, 3.05) is 51.8 Å². The molecule has 1 aliphatic heterocycles. The third kappa shape index (κ3) is 6.69. The molecule has 0 amide bonds. The first-order valence-corrected chi connectivity index (χ1v) is 10.4. The molecule has 0 aliphatic carbocycles. The van der Waals surface area contributed by atoms with Crippen molar-refractivity contribution in [3.63, 3.8) is 0 Å². The van der Waals surface area contributed by atoms with Crippen LogP contribution in [0.2, 0.25) is 0 Å². The van der Waals surface area contributed by atoms with Crippen LogP contribution in [0.1, 0.15) is 11.1 Å². The standard InChI is InChI=1S/C17H25F3N4O2S/c1-21-16(22-7-8-24-9-11-27(25,26)12-10-24)23(2)13-14-3-5-15(6-4-14)17(18,19)20/h3-6H,7-13H2,1-2H3,(H,21,22). The predicted molar refractivity (Wildman–Crippen MR) is 99.4 cm³/mol. The summed E-state index contributed by atoms with van der Waals surface area (Å²) in [6.07, 6.45) is -4.34. The first-order valence-electron chi connectivity index (χ1n) is 8.61. The molecule has 0 spiro atoms. The van der Waals surface area contributed by atoms with Gasteiger partial charge in [-0.05, 0) is 17.7 Å². The van der Waals surface area contributed by atoms with E-state index in [9.17, 15) is 21.6 Å². The van der Waals surface area contributed by atoms with E-state index in [0.717, 1.165) is 17.7 Å². The third-order valence-electron chi connectivity index (χ3n) is 4.42. The SMILES string of the molecule is CN=C(NCCN1CCS(=O)(=O)CC1)N(C)Cc1ccc(C(F)(F)F)cc1. The highest BCUT2D eigenvalue weighted by atomic mass is 32.2. The zero-order chi connectivity index (χ0) is 20.1. The first-order chi connectivity index (χ1) is 12.6. The lowest BCUT2D eigenvalue weighted by molar-refractivity contribution is -0.137. The van der Waals surface area contributed by atoms with Crippen molar-refractivity contribution in [1.29, 1.82) is 0 Å². The Labute approximate surface area is 158 Å². The van der Waals surface area contributed by atoms with Gasteiger partial charge in [0.2, 0.25) is 0 Å². The summed E-state index contributed by atoms with van der Waals surface area (Å²) in [6.45, 7) is 2.78. The van der Waals surface area contributed by atoms with Gasteiger partial charge in [-0.1, -0.05) is 12.1 Å². The number of hydrogen-bond donors (Lipinski definition) is 1. The lowest BCUT2D eigenvalue weighted by atomic mass is 10.1. The lowest BCUT2D eigenvalue weighted by Crippen LogP contribution is -2.46. The maximum absolute atomic E-state index is 12.6. The Kier molecular flexibility index (Phi) is 7.10. The van der Waals surface area contributed by atoms with Gasteiger partial charge in [-0.15, -0.1) is 0 Å². The molecule has 0 unspecified atom stereocenters. The molecular weight excluding hydrogens is 381 g/mol. The van der Waals surface area contributed by atoms with Gasteiger partial charge in [0.15, 0.2) is 15.8 Å². The molecule has 2 rings (SSSR count). The molecule has 0 bridgehead atoms. The van der Waals surface area contributed by atoms with Crippen molar-refractivity contribution in [3.05, 3.63) is 35.4 Å². The summed E-state index contributed by atoms with van der Waals surface area (Å²) in [5.74, 6) is 1.00. The highest BCUT2D eigenvalue weighted by Gasteiger charge is 2.30. The van der Waals surface area contributed by atoms with Gasteiger partial charge in [-0.25, -0.2) is 8.42 Å². The maximum atomic E-state index is 12.6. The van der Waals surface area contributed by atoms with E-state index in [0.29, 0.717) is 38.7 Å². The average Bonchev–Trinajstić information content (AvgIpc) is 2.59. The van der Waals surface area contributed by atoms with Gasteiger partial charge in [0, 0.05) is 46.8 Å². The van der Waals surface area contributed by atoms with Crippen LogP contribution in [0.4, 0.5) is 13.2 Å². The molecule has 152 valence electrons. The van der Waals surface area contributed by atoms with Gasteiger partial charge >= 0.3 is 6.18 Å². The van der Waals surface area contributed by atoms with Gasteiger partial charge in [0.1, 0.15) is 0 Å². The Balaban J connectivity index is 1.81. The molecule has 1 fully saturated rings. The summed E-state index contributed by atoms with van der Waals surface area (Å²) >= 11 is 0. The van der Waals surface area contributed by atoms with Crippen molar-refractivity contribution >= 4 is 15.8 Å². The van der Waals surface area contributed by atoms with Crippen molar-refractivity contribution in [1.82, 2.24) is 15.1 Å². The Morgan fingerprint density at radius 2 is 1.81 bits per heavy atom. The second-order valence-corrected chi connectivity index (χ2v) is 8.82. The van der Waals surface area contributed by atoms with E-state index in [1.165, 1.54) is 12.1 Å². The van der Waals surface area contributed by atoms with Gasteiger partial charge in [0.25, 0.3) is 0 Å². The molecule has 0 aromatic heterocycles. The molecule has 10 heteroatoms. The quantitative estimate of drug-likeness (QED) is 0.592. The third-order valence-corrected chi connectivity index (χ3v) is 6.03. The maximum Gasteiger partial charge on any atom is 0.416 e. The topological polar surface area (TPSA) is 65.0 Å². The number of aliphatic imine (C=N–C) groups is 1. The minimum Gasteiger partial charge on any atom is -0.355 e. The van der Waals surface area contributed by atoms with E-state index in [1.54, 1.807) is 14.1 Å². The number of halogens is 3. The average molecular weight is 406 g/mol. The Morgan fingerprint density at radius 3 is 2.33 bits per heavy atom. The summed E-state index contributed by atoms with van der Waals surface area (Å²) < 4.78 is 60.7. The fourth-order valence-corrected chi connectivity index (χ4v) is 4.11. The number of benzene rings is 1. The summed E-state index contributed by atoms with van der Waals surface area (Å²) in [4.78, 5) is 8.09. The normalized spacial score (nSPS) is 18.3. The van der Waals surface area contributed by atoms with E-state index in [-0.39, 0.29) is 11.5 Å². The highest BCUT2D eigenvalue weighted by molar-refractivity contribution is 7.91. The van der Waals surface area contributed by atoms with Crippen molar-refractivity contribution in [3.8, 4) is 0 Å². The van der Waals surface area contributed by atoms with Crippen molar-refractivity contribution in [2.24, 2.45) is 4.99 Å². The van der Waals surface area contributed by atoms with Crippen LogP contribution >= 0.6 is 0 Å². The molecule has 1 aromatic rings.